The Bertz CT molecular complexity index is 1130. The third kappa shape index (κ3) is 4.43. The minimum Gasteiger partial charge on any atom is -0.486 e. The van der Waals surface area contributed by atoms with Crippen LogP contribution in [0.25, 0.3) is 0 Å². The van der Waals surface area contributed by atoms with E-state index in [0.717, 1.165) is 11.3 Å². The van der Waals surface area contributed by atoms with E-state index in [4.69, 9.17) is 9.47 Å². The molecule has 1 aliphatic rings. The highest BCUT2D eigenvalue weighted by atomic mass is 32.2. The molecule has 0 saturated carbocycles. The second-order valence-electron chi connectivity index (χ2n) is 8.33. The molecule has 1 aliphatic heterocycles. The molecule has 2 aromatic carbocycles. The van der Waals surface area contributed by atoms with Crippen molar-refractivity contribution < 1.29 is 17.9 Å². The van der Waals surface area contributed by atoms with Crippen molar-refractivity contribution in [1.82, 2.24) is 9.78 Å². The van der Waals surface area contributed by atoms with E-state index < -0.39 is 10.0 Å². The van der Waals surface area contributed by atoms with Crippen LogP contribution in [0.1, 0.15) is 26.3 Å². The van der Waals surface area contributed by atoms with Crippen molar-refractivity contribution >= 4 is 15.7 Å². The third-order valence-electron chi connectivity index (χ3n) is 4.87. The molecule has 3 aromatic rings. The summed E-state index contributed by atoms with van der Waals surface area (Å²) >= 11 is 0. The van der Waals surface area contributed by atoms with Crippen LogP contribution in [0.4, 0.5) is 5.69 Å². The standard InChI is InChI=1S/C22H25N3O4S/c1-22(2,3)16-8-10-19(11-9-16)30(26,27)24-17-12-23-25(13-17)14-18-15-28-20-6-4-5-7-21(20)29-18/h4-13,18,24H,14-15H2,1-3H3. The number of fused-ring (bicyclic) bond motifs is 1. The molecule has 158 valence electrons. The normalized spacial score (nSPS) is 16.3. The summed E-state index contributed by atoms with van der Waals surface area (Å²) in [6.45, 7) is 7.10. The zero-order chi connectivity index (χ0) is 21.4. The van der Waals surface area contributed by atoms with Crippen LogP contribution in [-0.4, -0.2) is 30.9 Å². The van der Waals surface area contributed by atoms with Crippen molar-refractivity contribution in [1.29, 1.82) is 0 Å². The third-order valence-corrected chi connectivity index (χ3v) is 6.27. The fourth-order valence-electron chi connectivity index (χ4n) is 3.23. The quantitative estimate of drug-likeness (QED) is 0.669. The van der Waals surface area contributed by atoms with Gasteiger partial charge < -0.3 is 9.47 Å². The van der Waals surface area contributed by atoms with Crippen LogP contribution in [0.5, 0.6) is 11.5 Å². The molecule has 1 unspecified atom stereocenters. The number of benzene rings is 2. The van der Waals surface area contributed by atoms with Crippen LogP contribution >= 0.6 is 0 Å². The van der Waals surface area contributed by atoms with Crippen LogP contribution in [0.15, 0.2) is 65.8 Å². The van der Waals surface area contributed by atoms with Crippen LogP contribution < -0.4 is 14.2 Å². The zero-order valence-electron chi connectivity index (χ0n) is 17.2. The van der Waals surface area contributed by atoms with Gasteiger partial charge in [-0.15, -0.1) is 0 Å². The average molecular weight is 428 g/mol. The van der Waals surface area contributed by atoms with Gasteiger partial charge in [0.05, 0.1) is 23.3 Å². The molecule has 4 rings (SSSR count). The molecular weight excluding hydrogens is 402 g/mol. The molecule has 1 aromatic heterocycles. The van der Waals surface area contributed by atoms with Crippen molar-refractivity contribution in [2.24, 2.45) is 0 Å². The molecule has 2 heterocycles. The number of anilines is 1. The lowest BCUT2D eigenvalue weighted by molar-refractivity contribution is 0.0759. The number of nitrogens with one attached hydrogen (secondary N) is 1. The largest absolute Gasteiger partial charge is 0.486 e. The lowest BCUT2D eigenvalue weighted by atomic mass is 9.87. The van der Waals surface area contributed by atoms with Gasteiger partial charge in [0.25, 0.3) is 10.0 Å². The Morgan fingerprint density at radius 3 is 2.50 bits per heavy atom. The van der Waals surface area contributed by atoms with Crippen molar-refractivity contribution in [2.45, 2.75) is 43.7 Å². The van der Waals surface area contributed by atoms with E-state index in [1.165, 1.54) is 6.20 Å². The molecule has 1 atom stereocenters. The Morgan fingerprint density at radius 1 is 1.10 bits per heavy atom. The van der Waals surface area contributed by atoms with Gasteiger partial charge in [0.2, 0.25) is 0 Å². The minimum atomic E-state index is -3.69. The fraction of sp³-hybridized carbons (Fsp3) is 0.318. The number of ether oxygens (including phenoxy) is 2. The maximum Gasteiger partial charge on any atom is 0.261 e. The number of aromatic nitrogens is 2. The number of rotatable bonds is 5. The van der Waals surface area contributed by atoms with E-state index in [0.29, 0.717) is 24.6 Å². The highest BCUT2D eigenvalue weighted by Gasteiger charge is 2.22. The predicted molar refractivity (Wildman–Crippen MR) is 115 cm³/mol. The van der Waals surface area contributed by atoms with Gasteiger partial charge in [0, 0.05) is 6.20 Å². The average Bonchev–Trinajstić information content (AvgIpc) is 3.13. The monoisotopic (exact) mass is 427 g/mol. The predicted octanol–water partition coefficient (Wildman–Crippen LogP) is 3.82. The molecule has 0 fully saturated rings. The van der Waals surface area contributed by atoms with Gasteiger partial charge in [-0.25, -0.2) is 8.42 Å². The van der Waals surface area contributed by atoms with Gasteiger partial charge in [0.15, 0.2) is 17.6 Å². The van der Waals surface area contributed by atoms with Crippen molar-refractivity contribution in [2.75, 3.05) is 11.3 Å². The molecule has 0 amide bonds. The maximum absolute atomic E-state index is 12.7. The van der Waals surface area contributed by atoms with E-state index in [1.54, 1.807) is 23.0 Å². The Morgan fingerprint density at radius 2 is 1.80 bits per heavy atom. The van der Waals surface area contributed by atoms with Gasteiger partial charge in [-0.05, 0) is 35.2 Å². The maximum atomic E-state index is 12.7. The molecule has 0 spiro atoms. The first-order chi connectivity index (χ1) is 14.2. The molecule has 0 saturated heterocycles. The lowest BCUT2D eigenvalue weighted by Crippen LogP contribution is -2.33. The summed E-state index contributed by atoms with van der Waals surface area (Å²) in [6, 6.07) is 14.4. The Labute approximate surface area is 176 Å². The Hall–Kier alpha value is -3.00. The van der Waals surface area contributed by atoms with Crippen LogP contribution in [0.3, 0.4) is 0 Å². The summed E-state index contributed by atoms with van der Waals surface area (Å²) in [5, 5.41) is 4.24. The summed E-state index contributed by atoms with van der Waals surface area (Å²) in [5.41, 5.74) is 1.43. The van der Waals surface area contributed by atoms with Gasteiger partial charge in [0.1, 0.15) is 6.61 Å². The second-order valence-corrected chi connectivity index (χ2v) is 10.0. The smallest absolute Gasteiger partial charge is 0.261 e. The summed E-state index contributed by atoms with van der Waals surface area (Å²) in [7, 11) is -3.69. The SMILES string of the molecule is CC(C)(C)c1ccc(S(=O)(=O)Nc2cnn(CC3COc4ccccc4O3)c2)cc1. The van der Waals surface area contributed by atoms with E-state index in [1.807, 2.05) is 36.4 Å². The van der Waals surface area contributed by atoms with Gasteiger partial charge in [-0.3, -0.25) is 9.40 Å². The Balaban J connectivity index is 1.42. The van der Waals surface area contributed by atoms with Crippen molar-refractivity contribution in [3.05, 3.63) is 66.5 Å². The van der Waals surface area contributed by atoms with Crippen LogP contribution in [0.2, 0.25) is 0 Å². The molecule has 30 heavy (non-hydrogen) atoms. The number of nitrogens with zero attached hydrogens (tertiary/aromatic N) is 2. The summed E-state index contributed by atoms with van der Waals surface area (Å²) in [6.07, 6.45) is 2.91. The first kappa shape index (κ1) is 20.3. The number of para-hydroxylation sites is 2. The number of hydrogen-bond donors (Lipinski definition) is 1. The van der Waals surface area contributed by atoms with E-state index in [2.05, 4.69) is 30.6 Å². The molecule has 0 radical (unpaired) electrons. The van der Waals surface area contributed by atoms with E-state index in [-0.39, 0.29) is 16.4 Å². The summed E-state index contributed by atoms with van der Waals surface area (Å²) in [5.74, 6) is 1.42. The highest BCUT2D eigenvalue weighted by Crippen LogP contribution is 2.31. The van der Waals surface area contributed by atoms with Gasteiger partial charge in [-0.2, -0.15) is 5.10 Å². The number of hydrogen-bond acceptors (Lipinski definition) is 5. The van der Waals surface area contributed by atoms with Gasteiger partial charge >= 0.3 is 0 Å². The molecule has 1 N–H and O–H groups in total. The topological polar surface area (TPSA) is 82.5 Å². The van der Waals surface area contributed by atoms with E-state index in [9.17, 15) is 8.42 Å². The van der Waals surface area contributed by atoms with Crippen LogP contribution in [0, 0.1) is 0 Å². The zero-order valence-corrected chi connectivity index (χ0v) is 18.0. The van der Waals surface area contributed by atoms with E-state index >= 15 is 0 Å². The minimum absolute atomic E-state index is 0.0394. The molecule has 0 bridgehead atoms. The van der Waals surface area contributed by atoms with Crippen molar-refractivity contribution in [3.63, 3.8) is 0 Å². The lowest BCUT2D eigenvalue weighted by Gasteiger charge is -2.26. The number of sulfonamides is 1. The molecule has 8 heteroatoms. The van der Waals surface area contributed by atoms with Gasteiger partial charge in [-0.1, -0.05) is 45.0 Å². The Kier molecular flexibility index (Phi) is 5.19. The second kappa shape index (κ2) is 7.68. The summed E-state index contributed by atoms with van der Waals surface area (Å²) < 4.78 is 41.3. The first-order valence-corrected chi connectivity index (χ1v) is 11.2. The summed E-state index contributed by atoms with van der Waals surface area (Å²) in [4.78, 5) is 0.212. The fourth-order valence-corrected chi connectivity index (χ4v) is 4.25. The first-order valence-electron chi connectivity index (χ1n) is 9.75. The molecule has 0 aliphatic carbocycles. The van der Waals surface area contributed by atoms with Crippen molar-refractivity contribution in [3.8, 4) is 11.5 Å². The van der Waals surface area contributed by atoms with Crippen LogP contribution in [-0.2, 0) is 22.0 Å². The molecule has 7 nitrogen and oxygen atoms in total. The molecular formula is C22H25N3O4S. The highest BCUT2D eigenvalue weighted by molar-refractivity contribution is 7.92.